The standard InChI is InChI=1S/C20H24O7/c1-11-7-8-16(22)19(24)15(21)6-4-5-13-9-14(26-3)10-17(23)18(13)20(25)27-12(11)2/h4-5,7-12,15,19,21,23-24H,6H2,1-3H3/b5-4+,8-7-. The van der Waals surface area contributed by atoms with E-state index < -0.39 is 30.1 Å². The molecule has 1 aromatic carbocycles. The highest BCUT2D eigenvalue weighted by Gasteiger charge is 2.25. The van der Waals surface area contributed by atoms with Crippen LogP contribution >= 0.6 is 0 Å². The van der Waals surface area contributed by atoms with Crippen molar-refractivity contribution >= 4 is 17.8 Å². The summed E-state index contributed by atoms with van der Waals surface area (Å²) in [5.41, 5.74) is 0.301. The van der Waals surface area contributed by atoms with Gasteiger partial charge in [0.1, 0.15) is 29.3 Å². The van der Waals surface area contributed by atoms with E-state index in [4.69, 9.17) is 9.47 Å². The number of ether oxygens (including phenoxy) is 2. The summed E-state index contributed by atoms with van der Waals surface area (Å²) >= 11 is 0. The first-order chi connectivity index (χ1) is 12.7. The molecule has 0 spiro atoms. The lowest BCUT2D eigenvalue weighted by molar-refractivity contribution is -0.127. The van der Waals surface area contributed by atoms with Gasteiger partial charge in [-0.2, -0.15) is 0 Å². The number of hydrogen-bond donors (Lipinski definition) is 3. The molecule has 7 heteroatoms. The molecule has 2 rings (SSSR count). The monoisotopic (exact) mass is 376 g/mol. The summed E-state index contributed by atoms with van der Waals surface area (Å²) < 4.78 is 10.5. The number of rotatable bonds is 1. The van der Waals surface area contributed by atoms with Gasteiger partial charge in [0.15, 0.2) is 5.78 Å². The fourth-order valence-corrected chi connectivity index (χ4v) is 2.58. The van der Waals surface area contributed by atoms with Crippen LogP contribution in [0.2, 0.25) is 0 Å². The zero-order chi connectivity index (χ0) is 20.1. The average molecular weight is 376 g/mol. The smallest absolute Gasteiger partial charge is 0.342 e. The van der Waals surface area contributed by atoms with Crippen molar-refractivity contribution in [2.24, 2.45) is 5.92 Å². The molecule has 0 aromatic heterocycles. The van der Waals surface area contributed by atoms with Gasteiger partial charge in [0.05, 0.1) is 13.2 Å². The Morgan fingerprint density at radius 3 is 2.52 bits per heavy atom. The number of hydrogen-bond acceptors (Lipinski definition) is 7. The third kappa shape index (κ3) is 4.96. The Morgan fingerprint density at radius 1 is 1.15 bits per heavy atom. The highest BCUT2D eigenvalue weighted by molar-refractivity contribution is 5.97. The van der Waals surface area contributed by atoms with E-state index in [1.807, 2.05) is 0 Å². The molecule has 0 aliphatic carbocycles. The van der Waals surface area contributed by atoms with Crippen LogP contribution < -0.4 is 4.74 Å². The molecule has 1 heterocycles. The SMILES string of the molecule is COc1cc(O)c2c(c1)/C=C/CC(O)C(O)C(=O)/C=C\C(C)C(C)OC2=O. The summed E-state index contributed by atoms with van der Waals surface area (Å²) in [5.74, 6) is -1.63. The van der Waals surface area contributed by atoms with Crippen LogP contribution in [0.1, 0.15) is 36.2 Å². The van der Waals surface area contributed by atoms with Gasteiger partial charge in [0.2, 0.25) is 0 Å². The Bertz CT molecular complexity index is 766. The van der Waals surface area contributed by atoms with Crippen molar-refractivity contribution in [3.8, 4) is 11.5 Å². The maximum Gasteiger partial charge on any atom is 0.342 e. The number of fused-ring (bicyclic) bond motifs is 1. The minimum atomic E-state index is -1.56. The number of phenols is 1. The number of ketones is 1. The highest BCUT2D eigenvalue weighted by atomic mass is 16.5. The van der Waals surface area contributed by atoms with Crippen molar-refractivity contribution in [3.05, 3.63) is 41.5 Å². The summed E-state index contributed by atoms with van der Waals surface area (Å²) in [5, 5.41) is 30.2. The summed E-state index contributed by atoms with van der Waals surface area (Å²) in [6.07, 6.45) is 2.19. The number of aliphatic hydroxyl groups is 2. The lowest BCUT2D eigenvalue weighted by atomic mass is 9.99. The number of carbonyl (C=O) groups is 2. The van der Waals surface area contributed by atoms with Crippen LogP contribution in [0.4, 0.5) is 0 Å². The van der Waals surface area contributed by atoms with Crippen LogP contribution in [-0.2, 0) is 9.53 Å². The normalized spacial score (nSPS) is 29.2. The van der Waals surface area contributed by atoms with Gasteiger partial charge in [-0.3, -0.25) is 4.79 Å². The van der Waals surface area contributed by atoms with Crippen molar-refractivity contribution in [1.82, 2.24) is 0 Å². The van der Waals surface area contributed by atoms with Crippen LogP contribution in [0.5, 0.6) is 11.5 Å². The number of methoxy groups -OCH3 is 1. The molecule has 4 atom stereocenters. The molecular weight excluding hydrogens is 352 g/mol. The van der Waals surface area contributed by atoms with E-state index in [2.05, 4.69) is 0 Å². The molecule has 0 saturated heterocycles. The second-order valence-electron chi connectivity index (χ2n) is 6.49. The lowest BCUT2D eigenvalue weighted by Gasteiger charge is -2.20. The van der Waals surface area contributed by atoms with Gasteiger partial charge in [-0.25, -0.2) is 4.79 Å². The summed E-state index contributed by atoms with van der Waals surface area (Å²) in [6.45, 7) is 3.40. The van der Waals surface area contributed by atoms with Crippen LogP contribution in [0.3, 0.4) is 0 Å². The number of phenolic OH excluding ortho intramolecular Hbond substituents is 1. The molecule has 27 heavy (non-hydrogen) atoms. The quantitative estimate of drug-likeness (QED) is 0.641. The fourth-order valence-electron chi connectivity index (χ4n) is 2.58. The van der Waals surface area contributed by atoms with Crippen LogP contribution in [0.15, 0.2) is 30.4 Å². The number of carbonyl (C=O) groups excluding carboxylic acids is 2. The summed E-state index contributed by atoms with van der Waals surface area (Å²) in [6, 6.07) is 2.85. The van der Waals surface area contributed by atoms with Crippen LogP contribution in [-0.4, -0.2) is 52.5 Å². The first-order valence-corrected chi connectivity index (χ1v) is 8.61. The number of aliphatic hydroxyl groups excluding tert-OH is 2. The van der Waals surface area contributed by atoms with E-state index in [0.717, 1.165) is 0 Å². The molecular formula is C20H24O7. The van der Waals surface area contributed by atoms with Crippen molar-refractivity contribution in [1.29, 1.82) is 0 Å². The maximum absolute atomic E-state index is 12.6. The van der Waals surface area contributed by atoms with Crippen molar-refractivity contribution < 1.29 is 34.4 Å². The van der Waals surface area contributed by atoms with Gasteiger partial charge in [0, 0.05) is 12.0 Å². The average Bonchev–Trinajstić information content (AvgIpc) is 2.63. The molecule has 0 saturated carbocycles. The topological polar surface area (TPSA) is 113 Å². The number of benzene rings is 1. The van der Waals surface area contributed by atoms with Gasteiger partial charge >= 0.3 is 5.97 Å². The summed E-state index contributed by atoms with van der Waals surface area (Å²) in [7, 11) is 1.42. The molecule has 7 nitrogen and oxygen atoms in total. The van der Waals surface area contributed by atoms with Crippen molar-refractivity contribution in [2.45, 2.75) is 38.6 Å². The number of esters is 1. The van der Waals surface area contributed by atoms with E-state index in [9.17, 15) is 24.9 Å². The third-order valence-electron chi connectivity index (χ3n) is 4.49. The zero-order valence-electron chi connectivity index (χ0n) is 15.5. The minimum absolute atomic E-state index is 0.0286. The van der Waals surface area contributed by atoms with E-state index in [1.165, 1.54) is 37.5 Å². The minimum Gasteiger partial charge on any atom is -0.507 e. The third-order valence-corrected chi connectivity index (χ3v) is 4.49. The van der Waals surface area contributed by atoms with Crippen molar-refractivity contribution in [2.75, 3.05) is 7.11 Å². The van der Waals surface area contributed by atoms with Crippen LogP contribution in [0, 0.1) is 5.92 Å². The lowest BCUT2D eigenvalue weighted by Crippen LogP contribution is -2.32. The Balaban J connectivity index is 2.50. The van der Waals surface area contributed by atoms with E-state index in [0.29, 0.717) is 11.3 Å². The van der Waals surface area contributed by atoms with Gasteiger partial charge in [0.25, 0.3) is 0 Å². The Labute approximate surface area is 157 Å². The van der Waals surface area contributed by atoms with Gasteiger partial charge in [-0.15, -0.1) is 0 Å². The number of aromatic hydroxyl groups is 1. The summed E-state index contributed by atoms with van der Waals surface area (Å²) in [4.78, 5) is 24.6. The molecule has 3 N–H and O–H groups in total. The van der Waals surface area contributed by atoms with Gasteiger partial charge < -0.3 is 24.8 Å². The second-order valence-corrected chi connectivity index (χ2v) is 6.49. The van der Waals surface area contributed by atoms with Gasteiger partial charge in [-0.1, -0.05) is 25.2 Å². The zero-order valence-corrected chi connectivity index (χ0v) is 15.5. The predicted molar refractivity (Wildman–Crippen MR) is 98.5 cm³/mol. The molecule has 1 aliphatic rings. The second kappa shape index (κ2) is 8.83. The predicted octanol–water partition coefficient (Wildman–Crippen LogP) is 1.85. The molecule has 146 valence electrons. The molecule has 0 amide bonds. The van der Waals surface area contributed by atoms with E-state index in [1.54, 1.807) is 19.9 Å². The maximum atomic E-state index is 12.6. The Hall–Kier alpha value is -2.64. The molecule has 0 fully saturated rings. The number of cyclic esters (lactones) is 1. The molecule has 1 aromatic rings. The molecule has 0 bridgehead atoms. The highest BCUT2D eigenvalue weighted by Crippen LogP contribution is 2.30. The van der Waals surface area contributed by atoms with Crippen molar-refractivity contribution in [3.63, 3.8) is 0 Å². The first kappa shape index (κ1) is 20.7. The van der Waals surface area contributed by atoms with Crippen LogP contribution in [0.25, 0.3) is 6.08 Å². The largest absolute Gasteiger partial charge is 0.507 e. The molecule has 0 radical (unpaired) electrons. The Kier molecular flexibility index (Phi) is 6.76. The van der Waals surface area contributed by atoms with E-state index >= 15 is 0 Å². The van der Waals surface area contributed by atoms with E-state index in [-0.39, 0.29) is 23.7 Å². The first-order valence-electron chi connectivity index (χ1n) is 8.61. The molecule has 1 aliphatic heterocycles. The molecule has 4 unspecified atom stereocenters. The fraction of sp³-hybridized carbons (Fsp3) is 0.400. The Morgan fingerprint density at radius 2 is 1.85 bits per heavy atom. The van der Waals surface area contributed by atoms with Gasteiger partial charge in [-0.05, 0) is 31.1 Å².